The third kappa shape index (κ3) is 2.39. The van der Waals surface area contributed by atoms with E-state index in [4.69, 9.17) is 21.4 Å². The molecule has 2 N–H and O–H groups in total. The van der Waals surface area contributed by atoms with E-state index in [1.165, 1.54) is 24.3 Å². The van der Waals surface area contributed by atoms with Crippen molar-refractivity contribution >= 4 is 29.7 Å². The quantitative estimate of drug-likeness (QED) is 0.573. The van der Waals surface area contributed by atoms with Gasteiger partial charge in [-0.2, -0.15) is 0 Å². The molecule has 0 fully saturated rings. The SMILES string of the molecule is O=C(Cl)c1ccccc1P(=O)(O)O. The van der Waals surface area contributed by atoms with Crippen molar-refractivity contribution in [2.45, 2.75) is 0 Å². The average molecular weight is 221 g/mol. The van der Waals surface area contributed by atoms with E-state index in [0.717, 1.165) is 0 Å². The lowest BCUT2D eigenvalue weighted by Gasteiger charge is -2.06. The predicted octanol–water partition coefficient (Wildman–Crippen LogP) is 0.869. The van der Waals surface area contributed by atoms with Gasteiger partial charge in [0, 0.05) is 5.56 Å². The molecule has 0 bridgehead atoms. The Bertz CT molecular complexity index is 384. The smallest absolute Gasteiger partial charge is 0.321 e. The molecule has 0 amide bonds. The molecule has 0 aliphatic rings. The van der Waals surface area contributed by atoms with Gasteiger partial charge in [0.05, 0.1) is 5.30 Å². The Morgan fingerprint density at radius 1 is 1.31 bits per heavy atom. The van der Waals surface area contributed by atoms with E-state index < -0.39 is 12.8 Å². The lowest BCUT2D eigenvalue weighted by molar-refractivity contribution is 0.108. The summed E-state index contributed by atoms with van der Waals surface area (Å²) in [5, 5.41) is -1.21. The van der Waals surface area contributed by atoms with Crippen molar-refractivity contribution in [3.63, 3.8) is 0 Å². The third-order valence-corrected chi connectivity index (χ3v) is 2.65. The third-order valence-electron chi connectivity index (χ3n) is 1.43. The standard InChI is InChI=1S/C7H6ClO4P/c8-7(9)5-3-1-2-4-6(5)13(10,11)12/h1-4H,(H2,10,11,12). The molecule has 0 aromatic heterocycles. The van der Waals surface area contributed by atoms with Gasteiger partial charge in [-0.05, 0) is 23.7 Å². The molecule has 0 aliphatic carbocycles. The van der Waals surface area contributed by atoms with Crippen molar-refractivity contribution in [3.05, 3.63) is 29.8 Å². The van der Waals surface area contributed by atoms with Crippen LogP contribution < -0.4 is 5.30 Å². The lowest BCUT2D eigenvalue weighted by Crippen LogP contribution is -2.12. The molecule has 0 radical (unpaired) electrons. The maximum Gasteiger partial charge on any atom is 0.356 e. The largest absolute Gasteiger partial charge is 0.356 e. The van der Waals surface area contributed by atoms with Crippen LogP contribution in [0.2, 0.25) is 0 Å². The van der Waals surface area contributed by atoms with E-state index in [0.29, 0.717) is 0 Å². The first-order valence-corrected chi connectivity index (χ1v) is 5.27. The fourth-order valence-electron chi connectivity index (χ4n) is 0.894. The van der Waals surface area contributed by atoms with Gasteiger partial charge in [0.1, 0.15) is 0 Å². The van der Waals surface area contributed by atoms with Crippen LogP contribution in [0.5, 0.6) is 0 Å². The Hall–Kier alpha value is -0.670. The first-order chi connectivity index (χ1) is 5.93. The van der Waals surface area contributed by atoms with Gasteiger partial charge in [0.25, 0.3) is 5.24 Å². The number of benzene rings is 1. The molecule has 0 spiro atoms. The number of carbonyl (C=O) groups excluding carboxylic acids is 1. The summed E-state index contributed by atoms with van der Waals surface area (Å²) in [4.78, 5) is 28.4. The molecule has 0 atom stereocenters. The zero-order chi connectivity index (χ0) is 10.1. The lowest BCUT2D eigenvalue weighted by atomic mass is 10.2. The van der Waals surface area contributed by atoms with E-state index in [9.17, 15) is 9.36 Å². The van der Waals surface area contributed by atoms with Crippen LogP contribution in [-0.2, 0) is 4.57 Å². The van der Waals surface area contributed by atoms with Crippen molar-refractivity contribution in [1.29, 1.82) is 0 Å². The topological polar surface area (TPSA) is 74.6 Å². The molecule has 70 valence electrons. The van der Waals surface area contributed by atoms with Crippen molar-refractivity contribution in [3.8, 4) is 0 Å². The zero-order valence-electron chi connectivity index (χ0n) is 6.35. The van der Waals surface area contributed by atoms with Crippen LogP contribution in [-0.4, -0.2) is 15.0 Å². The Balaban J connectivity index is 3.37. The van der Waals surface area contributed by atoms with Crippen LogP contribution in [0.3, 0.4) is 0 Å². The maximum atomic E-state index is 10.8. The van der Waals surface area contributed by atoms with Gasteiger partial charge in [0.15, 0.2) is 0 Å². The normalized spacial score (nSPS) is 11.3. The molecule has 0 saturated carbocycles. The minimum atomic E-state index is -4.41. The molecule has 4 nitrogen and oxygen atoms in total. The second-order valence-corrected chi connectivity index (χ2v) is 4.25. The highest BCUT2D eigenvalue weighted by molar-refractivity contribution is 7.60. The van der Waals surface area contributed by atoms with Crippen LogP contribution in [0.4, 0.5) is 0 Å². The second-order valence-electron chi connectivity index (χ2n) is 2.33. The summed E-state index contributed by atoms with van der Waals surface area (Å²) in [6.45, 7) is 0. The van der Waals surface area contributed by atoms with Crippen LogP contribution in [0.15, 0.2) is 24.3 Å². The Labute approximate surface area is 79.3 Å². The van der Waals surface area contributed by atoms with Gasteiger partial charge in [-0.15, -0.1) is 0 Å². The van der Waals surface area contributed by atoms with Gasteiger partial charge in [-0.25, -0.2) is 0 Å². The minimum Gasteiger partial charge on any atom is -0.321 e. The summed E-state index contributed by atoms with van der Waals surface area (Å²) in [6, 6.07) is 5.35. The summed E-state index contributed by atoms with van der Waals surface area (Å²) in [6.07, 6.45) is 0. The highest BCUT2D eigenvalue weighted by atomic mass is 35.5. The van der Waals surface area contributed by atoms with Crippen molar-refractivity contribution in [2.24, 2.45) is 0 Å². The monoisotopic (exact) mass is 220 g/mol. The van der Waals surface area contributed by atoms with Crippen molar-refractivity contribution in [2.75, 3.05) is 0 Å². The van der Waals surface area contributed by atoms with Gasteiger partial charge < -0.3 is 9.79 Å². The number of halogens is 1. The molecule has 1 rings (SSSR count). The number of rotatable bonds is 2. The first-order valence-electron chi connectivity index (χ1n) is 3.28. The zero-order valence-corrected chi connectivity index (χ0v) is 8.00. The van der Waals surface area contributed by atoms with Crippen LogP contribution in [0.1, 0.15) is 10.4 Å². The summed E-state index contributed by atoms with van der Waals surface area (Å²) >= 11 is 5.13. The van der Waals surface area contributed by atoms with Crippen LogP contribution in [0, 0.1) is 0 Å². The molecule has 1 aromatic carbocycles. The van der Waals surface area contributed by atoms with E-state index in [1.54, 1.807) is 0 Å². The second kappa shape index (κ2) is 3.60. The van der Waals surface area contributed by atoms with Gasteiger partial charge in [0.2, 0.25) is 0 Å². The van der Waals surface area contributed by atoms with E-state index >= 15 is 0 Å². The van der Waals surface area contributed by atoms with Gasteiger partial charge >= 0.3 is 7.60 Å². The summed E-state index contributed by atoms with van der Waals surface area (Å²) in [5.74, 6) is 0. The number of carbonyl (C=O) groups is 1. The molecular weight excluding hydrogens is 214 g/mol. The Morgan fingerprint density at radius 3 is 2.23 bits per heavy atom. The molecule has 0 saturated heterocycles. The molecule has 1 aromatic rings. The highest BCUT2D eigenvalue weighted by Gasteiger charge is 2.23. The number of hydrogen-bond acceptors (Lipinski definition) is 2. The molecule has 0 unspecified atom stereocenters. The van der Waals surface area contributed by atoms with Gasteiger partial charge in [-0.1, -0.05) is 12.1 Å². The predicted molar refractivity (Wildman–Crippen MR) is 48.3 cm³/mol. The van der Waals surface area contributed by atoms with E-state index in [2.05, 4.69) is 0 Å². The van der Waals surface area contributed by atoms with Crippen molar-refractivity contribution < 1.29 is 19.1 Å². The molecule has 0 aliphatic heterocycles. The molecular formula is C7H6ClO4P. The van der Waals surface area contributed by atoms with E-state index in [-0.39, 0.29) is 10.9 Å². The maximum absolute atomic E-state index is 10.8. The molecule has 0 heterocycles. The fourth-order valence-corrected chi connectivity index (χ4v) is 1.89. The van der Waals surface area contributed by atoms with E-state index in [1.807, 2.05) is 0 Å². The average Bonchev–Trinajstić information content (AvgIpc) is 2.03. The summed E-state index contributed by atoms with van der Waals surface area (Å²) in [5.41, 5.74) is -0.155. The Kier molecular flexibility index (Phi) is 2.88. The first kappa shape index (κ1) is 10.4. The Morgan fingerprint density at radius 2 is 1.85 bits per heavy atom. The van der Waals surface area contributed by atoms with Crippen molar-refractivity contribution in [1.82, 2.24) is 0 Å². The van der Waals surface area contributed by atoms with Crippen LogP contribution >= 0.6 is 19.2 Å². The summed E-state index contributed by atoms with van der Waals surface area (Å²) in [7, 11) is -4.41. The minimum absolute atomic E-state index is 0.155. The fraction of sp³-hybridized carbons (Fsp3) is 0. The van der Waals surface area contributed by atoms with Gasteiger partial charge in [-0.3, -0.25) is 9.36 Å². The van der Waals surface area contributed by atoms with Crippen LogP contribution in [0.25, 0.3) is 0 Å². The summed E-state index contributed by atoms with van der Waals surface area (Å²) < 4.78 is 10.8. The highest BCUT2D eigenvalue weighted by Crippen LogP contribution is 2.34. The molecule has 13 heavy (non-hydrogen) atoms. The number of hydrogen-bond donors (Lipinski definition) is 2. The molecule has 6 heteroatoms.